The standard InChI is InChI=1S/C13H28N2/c1-4-11(5-2)10-15(6-3)13-8-7-12(14)9-13/h11-13H,4-10,14H2,1-3H3. The third kappa shape index (κ3) is 3.76. The average molecular weight is 212 g/mol. The normalized spacial score (nSPS) is 26.8. The highest BCUT2D eigenvalue weighted by molar-refractivity contribution is 4.85. The van der Waals surface area contributed by atoms with Gasteiger partial charge in [0.25, 0.3) is 0 Å². The molecule has 1 aliphatic carbocycles. The summed E-state index contributed by atoms with van der Waals surface area (Å²) >= 11 is 0. The molecule has 0 saturated heterocycles. The van der Waals surface area contributed by atoms with Crippen LogP contribution in [0.3, 0.4) is 0 Å². The van der Waals surface area contributed by atoms with Gasteiger partial charge in [-0.05, 0) is 31.7 Å². The van der Waals surface area contributed by atoms with Crippen molar-refractivity contribution in [1.82, 2.24) is 4.90 Å². The Hall–Kier alpha value is -0.0800. The summed E-state index contributed by atoms with van der Waals surface area (Å²) in [7, 11) is 0. The molecule has 0 bridgehead atoms. The minimum absolute atomic E-state index is 0.464. The molecule has 2 unspecified atom stereocenters. The summed E-state index contributed by atoms with van der Waals surface area (Å²) in [5, 5.41) is 0. The van der Waals surface area contributed by atoms with Gasteiger partial charge in [-0.2, -0.15) is 0 Å². The zero-order valence-corrected chi connectivity index (χ0v) is 10.7. The molecule has 0 spiro atoms. The van der Waals surface area contributed by atoms with Gasteiger partial charge in [0, 0.05) is 18.6 Å². The molecule has 90 valence electrons. The van der Waals surface area contributed by atoms with E-state index < -0.39 is 0 Å². The number of rotatable bonds is 6. The van der Waals surface area contributed by atoms with Gasteiger partial charge in [-0.25, -0.2) is 0 Å². The van der Waals surface area contributed by atoms with Gasteiger partial charge in [0.1, 0.15) is 0 Å². The van der Waals surface area contributed by atoms with Crippen LogP contribution in [0.1, 0.15) is 52.9 Å². The molecule has 0 aromatic carbocycles. The second-order valence-electron chi connectivity index (χ2n) is 5.00. The van der Waals surface area contributed by atoms with Crippen molar-refractivity contribution < 1.29 is 0 Å². The van der Waals surface area contributed by atoms with Crippen molar-refractivity contribution in [2.45, 2.75) is 65.0 Å². The van der Waals surface area contributed by atoms with Crippen LogP contribution in [0, 0.1) is 5.92 Å². The number of hydrogen-bond donors (Lipinski definition) is 1. The number of nitrogens with two attached hydrogens (primary N) is 1. The molecule has 0 aliphatic heterocycles. The molecule has 0 aromatic rings. The molecule has 0 radical (unpaired) electrons. The average Bonchev–Trinajstić information content (AvgIpc) is 2.67. The van der Waals surface area contributed by atoms with E-state index in [2.05, 4.69) is 25.7 Å². The molecule has 2 nitrogen and oxygen atoms in total. The lowest BCUT2D eigenvalue weighted by molar-refractivity contribution is 0.171. The molecule has 0 heterocycles. The van der Waals surface area contributed by atoms with Gasteiger partial charge in [-0.15, -0.1) is 0 Å². The van der Waals surface area contributed by atoms with E-state index in [0.29, 0.717) is 6.04 Å². The lowest BCUT2D eigenvalue weighted by atomic mass is 10.0. The minimum atomic E-state index is 0.464. The van der Waals surface area contributed by atoms with Crippen LogP contribution < -0.4 is 5.73 Å². The fourth-order valence-electron chi connectivity index (χ4n) is 2.74. The zero-order chi connectivity index (χ0) is 11.3. The van der Waals surface area contributed by atoms with Gasteiger partial charge in [0.2, 0.25) is 0 Å². The molecular formula is C13H28N2. The summed E-state index contributed by atoms with van der Waals surface area (Å²) in [5.74, 6) is 0.877. The second-order valence-corrected chi connectivity index (χ2v) is 5.00. The van der Waals surface area contributed by atoms with E-state index >= 15 is 0 Å². The van der Waals surface area contributed by atoms with E-state index in [4.69, 9.17) is 5.73 Å². The molecule has 2 atom stereocenters. The van der Waals surface area contributed by atoms with E-state index in [9.17, 15) is 0 Å². The topological polar surface area (TPSA) is 29.3 Å². The van der Waals surface area contributed by atoms with Crippen molar-refractivity contribution in [2.24, 2.45) is 11.7 Å². The van der Waals surface area contributed by atoms with Crippen molar-refractivity contribution in [1.29, 1.82) is 0 Å². The van der Waals surface area contributed by atoms with Crippen LogP contribution in [-0.2, 0) is 0 Å². The first-order valence-corrected chi connectivity index (χ1v) is 6.70. The summed E-state index contributed by atoms with van der Waals surface area (Å²) in [5.41, 5.74) is 5.99. The lowest BCUT2D eigenvalue weighted by Gasteiger charge is -2.30. The molecule has 15 heavy (non-hydrogen) atoms. The summed E-state index contributed by atoms with van der Waals surface area (Å²) in [4.78, 5) is 2.66. The third-order valence-corrected chi connectivity index (χ3v) is 4.02. The zero-order valence-electron chi connectivity index (χ0n) is 10.7. The molecule has 1 rings (SSSR count). The summed E-state index contributed by atoms with van der Waals surface area (Å²) < 4.78 is 0. The molecule has 1 fully saturated rings. The summed E-state index contributed by atoms with van der Waals surface area (Å²) in [6.45, 7) is 9.37. The molecule has 1 aliphatic rings. The first kappa shape index (κ1) is 13.0. The van der Waals surface area contributed by atoms with E-state index in [1.54, 1.807) is 0 Å². The second kappa shape index (κ2) is 6.49. The van der Waals surface area contributed by atoms with E-state index in [-0.39, 0.29) is 0 Å². The monoisotopic (exact) mass is 212 g/mol. The predicted molar refractivity (Wildman–Crippen MR) is 66.9 cm³/mol. The largest absolute Gasteiger partial charge is 0.328 e. The van der Waals surface area contributed by atoms with Crippen LogP contribution >= 0.6 is 0 Å². The fraction of sp³-hybridized carbons (Fsp3) is 1.00. The van der Waals surface area contributed by atoms with Gasteiger partial charge in [0.05, 0.1) is 0 Å². The molecule has 0 amide bonds. The SMILES string of the molecule is CCC(CC)CN(CC)C1CCC(N)C1. The van der Waals surface area contributed by atoms with Crippen LogP contribution in [0.2, 0.25) is 0 Å². The third-order valence-electron chi connectivity index (χ3n) is 4.02. The maximum absolute atomic E-state index is 5.99. The maximum atomic E-state index is 5.99. The van der Waals surface area contributed by atoms with Crippen molar-refractivity contribution in [3.8, 4) is 0 Å². The van der Waals surface area contributed by atoms with E-state index in [0.717, 1.165) is 12.0 Å². The molecule has 2 N–H and O–H groups in total. The Morgan fingerprint density at radius 1 is 1.20 bits per heavy atom. The smallest absolute Gasteiger partial charge is 0.0111 e. The highest BCUT2D eigenvalue weighted by Crippen LogP contribution is 2.24. The minimum Gasteiger partial charge on any atom is -0.328 e. The molecule has 0 aromatic heterocycles. The first-order chi connectivity index (χ1) is 7.21. The molecule has 2 heteroatoms. The van der Waals surface area contributed by atoms with Gasteiger partial charge in [-0.1, -0.05) is 33.6 Å². The Kier molecular flexibility index (Phi) is 5.62. The predicted octanol–water partition coefficient (Wildman–Crippen LogP) is 2.62. The first-order valence-electron chi connectivity index (χ1n) is 6.70. The lowest BCUT2D eigenvalue weighted by Crippen LogP contribution is -2.37. The fourth-order valence-corrected chi connectivity index (χ4v) is 2.74. The van der Waals surface area contributed by atoms with Crippen LogP contribution in [0.25, 0.3) is 0 Å². The Morgan fingerprint density at radius 3 is 2.27 bits per heavy atom. The van der Waals surface area contributed by atoms with Crippen LogP contribution in [0.5, 0.6) is 0 Å². The Morgan fingerprint density at radius 2 is 1.87 bits per heavy atom. The van der Waals surface area contributed by atoms with Crippen LogP contribution in [0.15, 0.2) is 0 Å². The Balaban J connectivity index is 2.41. The van der Waals surface area contributed by atoms with Gasteiger partial charge >= 0.3 is 0 Å². The molecular weight excluding hydrogens is 184 g/mol. The van der Waals surface area contributed by atoms with Gasteiger partial charge in [0.15, 0.2) is 0 Å². The maximum Gasteiger partial charge on any atom is 0.0111 e. The van der Waals surface area contributed by atoms with Crippen molar-refractivity contribution in [2.75, 3.05) is 13.1 Å². The number of nitrogens with zero attached hydrogens (tertiary/aromatic N) is 1. The highest BCUT2D eigenvalue weighted by Gasteiger charge is 2.27. The highest BCUT2D eigenvalue weighted by atomic mass is 15.2. The van der Waals surface area contributed by atoms with Crippen molar-refractivity contribution in [3.63, 3.8) is 0 Å². The van der Waals surface area contributed by atoms with Gasteiger partial charge < -0.3 is 10.6 Å². The Labute approximate surface area is 95.2 Å². The van der Waals surface area contributed by atoms with Crippen molar-refractivity contribution in [3.05, 3.63) is 0 Å². The summed E-state index contributed by atoms with van der Waals surface area (Å²) in [6, 6.07) is 1.23. The molecule has 1 saturated carbocycles. The van der Waals surface area contributed by atoms with Gasteiger partial charge in [-0.3, -0.25) is 0 Å². The van der Waals surface area contributed by atoms with Crippen molar-refractivity contribution >= 4 is 0 Å². The van der Waals surface area contributed by atoms with E-state index in [1.807, 2.05) is 0 Å². The van der Waals surface area contributed by atoms with Crippen LogP contribution in [-0.4, -0.2) is 30.1 Å². The van der Waals surface area contributed by atoms with E-state index in [1.165, 1.54) is 45.2 Å². The Bertz CT molecular complexity index is 166. The number of hydrogen-bond acceptors (Lipinski definition) is 2. The van der Waals surface area contributed by atoms with Crippen LogP contribution in [0.4, 0.5) is 0 Å². The summed E-state index contributed by atoms with van der Waals surface area (Å²) in [6.07, 6.45) is 6.38. The quantitative estimate of drug-likeness (QED) is 0.733.